The number of ether oxygens (including phenoxy) is 1. The number of nitrogens with zero attached hydrogens (tertiary/aromatic N) is 1. The Hall–Kier alpha value is -0.450. The van der Waals surface area contributed by atoms with Crippen LogP contribution >= 0.6 is 11.3 Å². The molecule has 2 bridgehead atoms. The average molecular weight is 266 g/mol. The van der Waals surface area contributed by atoms with Crippen LogP contribution in [0, 0.1) is 0 Å². The molecule has 0 aromatic carbocycles. The van der Waals surface area contributed by atoms with E-state index >= 15 is 0 Å². The van der Waals surface area contributed by atoms with Crippen molar-refractivity contribution < 1.29 is 4.74 Å². The van der Waals surface area contributed by atoms with Crippen molar-refractivity contribution in [3.63, 3.8) is 0 Å². The molecule has 3 nitrogen and oxygen atoms in total. The van der Waals surface area contributed by atoms with E-state index in [1.54, 1.807) is 11.3 Å². The standard InChI is InChI=1S/C14H22N2OS/c1-2-3-14-16-12(9-18-14)8-17-13-6-10-4-5-11(7-13)15-10/h9-11,13,15H,2-8H2,1H3. The average Bonchev–Trinajstić information content (AvgIpc) is 2.95. The predicted octanol–water partition coefficient (Wildman–Crippen LogP) is 2.90. The Balaban J connectivity index is 1.48. The quantitative estimate of drug-likeness (QED) is 0.890. The van der Waals surface area contributed by atoms with E-state index in [0.29, 0.717) is 24.8 Å². The third kappa shape index (κ3) is 2.92. The molecule has 0 amide bonds. The van der Waals surface area contributed by atoms with E-state index in [1.165, 1.54) is 37.1 Å². The molecule has 2 aliphatic rings. The molecule has 0 aliphatic carbocycles. The molecule has 18 heavy (non-hydrogen) atoms. The van der Waals surface area contributed by atoms with Crippen molar-refractivity contribution in [2.45, 2.75) is 70.2 Å². The van der Waals surface area contributed by atoms with E-state index in [-0.39, 0.29) is 0 Å². The van der Waals surface area contributed by atoms with Crippen LogP contribution in [0.3, 0.4) is 0 Å². The number of nitrogens with one attached hydrogen (secondary N) is 1. The number of aromatic nitrogens is 1. The van der Waals surface area contributed by atoms with Gasteiger partial charge >= 0.3 is 0 Å². The van der Waals surface area contributed by atoms with E-state index < -0.39 is 0 Å². The minimum atomic E-state index is 0.445. The van der Waals surface area contributed by atoms with Gasteiger partial charge in [0, 0.05) is 17.5 Å². The molecule has 2 fully saturated rings. The minimum absolute atomic E-state index is 0.445. The Morgan fingerprint density at radius 3 is 2.89 bits per heavy atom. The summed E-state index contributed by atoms with van der Waals surface area (Å²) in [7, 11) is 0. The topological polar surface area (TPSA) is 34.1 Å². The van der Waals surface area contributed by atoms with Crippen molar-refractivity contribution in [3.05, 3.63) is 16.1 Å². The van der Waals surface area contributed by atoms with Gasteiger partial charge in [0.05, 0.1) is 23.4 Å². The van der Waals surface area contributed by atoms with E-state index in [1.807, 2.05) is 0 Å². The number of piperidine rings is 1. The maximum Gasteiger partial charge on any atom is 0.0929 e. The Morgan fingerprint density at radius 2 is 2.17 bits per heavy atom. The molecule has 2 atom stereocenters. The van der Waals surface area contributed by atoms with Gasteiger partial charge < -0.3 is 10.1 Å². The zero-order chi connectivity index (χ0) is 12.4. The molecule has 1 N–H and O–H groups in total. The first-order chi connectivity index (χ1) is 8.83. The largest absolute Gasteiger partial charge is 0.372 e. The highest BCUT2D eigenvalue weighted by molar-refractivity contribution is 7.09. The second-order valence-corrected chi connectivity index (χ2v) is 6.47. The van der Waals surface area contributed by atoms with E-state index in [4.69, 9.17) is 4.74 Å². The number of hydrogen-bond donors (Lipinski definition) is 1. The number of thiazole rings is 1. The molecule has 2 unspecified atom stereocenters. The van der Waals surface area contributed by atoms with Crippen molar-refractivity contribution >= 4 is 11.3 Å². The van der Waals surface area contributed by atoms with Gasteiger partial charge in [-0.15, -0.1) is 11.3 Å². The van der Waals surface area contributed by atoms with Crippen LogP contribution in [-0.2, 0) is 17.8 Å². The van der Waals surface area contributed by atoms with Crippen LogP contribution in [0.4, 0.5) is 0 Å². The number of rotatable bonds is 5. The molecule has 0 spiro atoms. The number of hydrogen-bond acceptors (Lipinski definition) is 4. The molecular formula is C14H22N2OS. The van der Waals surface area contributed by atoms with Crippen LogP contribution in [-0.4, -0.2) is 23.2 Å². The van der Waals surface area contributed by atoms with Crippen molar-refractivity contribution in [1.82, 2.24) is 10.3 Å². The molecule has 2 saturated heterocycles. The zero-order valence-electron chi connectivity index (χ0n) is 11.0. The van der Waals surface area contributed by atoms with Crippen molar-refractivity contribution in [2.24, 2.45) is 0 Å². The van der Waals surface area contributed by atoms with Gasteiger partial charge in [-0.25, -0.2) is 4.98 Å². The Labute approximate surface area is 113 Å². The fourth-order valence-corrected chi connectivity index (χ4v) is 3.97. The monoisotopic (exact) mass is 266 g/mol. The van der Waals surface area contributed by atoms with Crippen LogP contribution in [0.25, 0.3) is 0 Å². The molecule has 3 heterocycles. The van der Waals surface area contributed by atoms with Crippen LogP contribution in [0.1, 0.15) is 49.7 Å². The molecule has 1 aromatic rings. The second-order valence-electron chi connectivity index (χ2n) is 5.52. The lowest BCUT2D eigenvalue weighted by molar-refractivity contribution is 0.00783. The van der Waals surface area contributed by atoms with Crippen LogP contribution < -0.4 is 5.32 Å². The lowest BCUT2D eigenvalue weighted by Crippen LogP contribution is -2.41. The summed E-state index contributed by atoms with van der Waals surface area (Å²) < 4.78 is 6.05. The van der Waals surface area contributed by atoms with E-state index in [9.17, 15) is 0 Å². The molecule has 0 saturated carbocycles. The summed E-state index contributed by atoms with van der Waals surface area (Å²) in [5.74, 6) is 0. The molecule has 0 radical (unpaired) electrons. The van der Waals surface area contributed by atoms with Crippen molar-refractivity contribution in [2.75, 3.05) is 0 Å². The summed E-state index contributed by atoms with van der Waals surface area (Å²) >= 11 is 1.77. The lowest BCUT2D eigenvalue weighted by Gasteiger charge is -2.28. The Bertz CT molecular complexity index is 381. The minimum Gasteiger partial charge on any atom is -0.372 e. The van der Waals surface area contributed by atoms with Gasteiger partial charge in [0.2, 0.25) is 0 Å². The molecule has 4 heteroatoms. The summed E-state index contributed by atoms with van der Waals surface area (Å²) in [6.45, 7) is 2.90. The molecule has 2 aliphatic heterocycles. The van der Waals surface area contributed by atoms with Gasteiger partial charge in [-0.3, -0.25) is 0 Å². The number of fused-ring (bicyclic) bond motifs is 2. The number of aryl methyl sites for hydroxylation is 1. The normalized spacial score (nSPS) is 30.8. The van der Waals surface area contributed by atoms with Crippen LogP contribution in [0.15, 0.2) is 5.38 Å². The van der Waals surface area contributed by atoms with Gasteiger partial charge in [0.1, 0.15) is 0 Å². The predicted molar refractivity (Wildman–Crippen MR) is 73.9 cm³/mol. The SMILES string of the molecule is CCCc1nc(COC2CC3CCC(C2)N3)cs1. The Morgan fingerprint density at radius 1 is 1.39 bits per heavy atom. The molecule has 1 aromatic heterocycles. The molecule has 3 rings (SSSR count). The first-order valence-electron chi connectivity index (χ1n) is 7.14. The zero-order valence-corrected chi connectivity index (χ0v) is 11.8. The van der Waals surface area contributed by atoms with Gasteiger partial charge in [-0.2, -0.15) is 0 Å². The lowest BCUT2D eigenvalue weighted by atomic mass is 10.0. The van der Waals surface area contributed by atoms with Crippen molar-refractivity contribution in [1.29, 1.82) is 0 Å². The van der Waals surface area contributed by atoms with Crippen LogP contribution in [0.5, 0.6) is 0 Å². The summed E-state index contributed by atoms with van der Waals surface area (Å²) in [6, 6.07) is 1.42. The first-order valence-corrected chi connectivity index (χ1v) is 8.02. The highest BCUT2D eigenvalue weighted by Crippen LogP contribution is 2.29. The molecule has 100 valence electrons. The third-order valence-corrected chi connectivity index (χ3v) is 4.92. The third-order valence-electron chi connectivity index (χ3n) is 3.96. The summed E-state index contributed by atoms with van der Waals surface area (Å²) in [5.41, 5.74) is 1.12. The molecular weight excluding hydrogens is 244 g/mol. The van der Waals surface area contributed by atoms with Crippen molar-refractivity contribution in [3.8, 4) is 0 Å². The first kappa shape index (κ1) is 12.6. The second kappa shape index (κ2) is 5.68. The van der Waals surface area contributed by atoms with Gasteiger partial charge in [-0.1, -0.05) is 6.92 Å². The smallest absolute Gasteiger partial charge is 0.0929 e. The van der Waals surface area contributed by atoms with E-state index in [0.717, 1.165) is 12.1 Å². The van der Waals surface area contributed by atoms with Gasteiger partial charge in [0.25, 0.3) is 0 Å². The summed E-state index contributed by atoms with van der Waals surface area (Å²) in [6.07, 6.45) is 7.75. The maximum absolute atomic E-state index is 6.05. The van der Waals surface area contributed by atoms with Crippen LogP contribution in [0.2, 0.25) is 0 Å². The van der Waals surface area contributed by atoms with Gasteiger partial charge in [0.15, 0.2) is 0 Å². The fourth-order valence-electron chi connectivity index (χ4n) is 3.09. The fraction of sp³-hybridized carbons (Fsp3) is 0.786. The highest BCUT2D eigenvalue weighted by Gasteiger charge is 2.33. The Kier molecular flexibility index (Phi) is 3.97. The summed E-state index contributed by atoms with van der Waals surface area (Å²) in [4.78, 5) is 4.62. The van der Waals surface area contributed by atoms with E-state index in [2.05, 4.69) is 22.6 Å². The highest BCUT2D eigenvalue weighted by atomic mass is 32.1. The van der Waals surface area contributed by atoms with Gasteiger partial charge in [-0.05, 0) is 38.5 Å². The maximum atomic E-state index is 6.05. The summed E-state index contributed by atoms with van der Waals surface area (Å²) in [5, 5.41) is 7.05.